The van der Waals surface area contributed by atoms with E-state index in [1.807, 2.05) is 38.1 Å². The highest BCUT2D eigenvalue weighted by molar-refractivity contribution is 7.15. The van der Waals surface area contributed by atoms with Crippen LogP contribution in [0, 0.1) is 6.92 Å². The lowest BCUT2D eigenvalue weighted by Gasteiger charge is -2.24. The molecule has 0 saturated heterocycles. The summed E-state index contributed by atoms with van der Waals surface area (Å²) < 4.78 is 5.49. The number of hydrogen-bond donors (Lipinski definition) is 3. The first-order chi connectivity index (χ1) is 14.4. The van der Waals surface area contributed by atoms with Crippen LogP contribution < -0.4 is 10.1 Å². The van der Waals surface area contributed by atoms with Gasteiger partial charge in [0.15, 0.2) is 11.5 Å². The number of phenols is 1. The lowest BCUT2D eigenvalue weighted by molar-refractivity contribution is -0.116. The van der Waals surface area contributed by atoms with Gasteiger partial charge in [-0.15, -0.1) is 11.3 Å². The van der Waals surface area contributed by atoms with Crippen LogP contribution in [0.1, 0.15) is 44.9 Å². The van der Waals surface area contributed by atoms with Gasteiger partial charge in [0.2, 0.25) is 5.91 Å². The molecule has 0 fully saturated rings. The van der Waals surface area contributed by atoms with Crippen LogP contribution in [-0.2, 0) is 4.79 Å². The predicted octanol–water partition coefficient (Wildman–Crippen LogP) is 5.00. The Bertz CT molecular complexity index is 1130. The third-order valence-corrected chi connectivity index (χ3v) is 6.42. The summed E-state index contributed by atoms with van der Waals surface area (Å²) in [5.41, 5.74) is 3.69. The van der Waals surface area contributed by atoms with Crippen molar-refractivity contribution in [3.05, 3.63) is 63.3 Å². The molecule has 0 radical (unpaired) electrons. The molecular formula is C23H21NO5S. The number of ether oxygens (including phenoxy) is 1. The van der Waals surface area contributed by atoms with E-state index in [1.54, 1.807) is 18.2 Å². The maximum atomic E-state index is 12.6. The summed E-state index contributed by atoms with van der Waals surface area (Å²) in [6.07, 6.45) is 0.191. The summed E-state index contributed by atoms with van der Waals surface area (Å²) in [5, 5.41) is 22.8. The number of thiophene rings is 1. The highest BCUT2D eigenvalue weighted by atomic mass is 32.1. The predicted molar refractivity (Wildman–Crippen MR) is 116 cm³/mol. The van der Waals surface area contributed by atoms with Crippen molar-refractivity contribution in [3.8, 4) is 22.6 Å². The average molecular weight is 423 g/mol. The second-order valence-corrected chi connectivity index (χ2v) is 8.23. The maximum absolute atomic E-state index is 12.6. The topological polar surface area (TPSA) is 95.9 Å². The molecule has 3 N–H and O–H groups in total. The molecule has 7 heteroatoms. The van der Waals surface area contributed by atoms with Crippen LogP contribution in [0.2, 0.25) is 0 Å². The number of aromatic carboxylic acids is 1. The van der Waals surface area contributed by atoms with Crippen molar-refractivity contribution < 1.29 is 24.5 Å². The lowest BCUT2D eigenvalue weighted by atomic mass is 9.88. The van der Waals surface area contributed by atoms with Crippen LogP contribution in [0.4, 0.5) is 5.69 Å². The van der Waals surface area contributed by atoms with Gasteiger partial charge in [-0.1, -0.05) is 35.9 Å². The first-order valence-electron chi connectivity index (χ1n) is 9.61. The Balaban J connectivity index is 1.89. The summed E-state index contributed by atoms with van der Waals surface area (Å²) >= 11 is 1.18. The Labute approximate surface area is 177 Å². The molecule has 1 atom stereocenters. The summed E-state index contributed by atoms with van der Waals surface area (Å²) in [4.78, 5) is 25.6. The Morgan fingerprint density at radius 2 is 1.97 bits per heavy atom. The number of carboxylic acid groups (broad SMARTS) is 1. The van der Waals surface area contributed by atoms with Crippen molar-refractivity contribution in [2.24, 2.45) is 0 Å². The van der Waals surface area contributed by atoms with E-state index in [2.05, 4.69) is 5.32 Å². The fraction of sp³-hybridized carbons (Fsp3) is 0.217. The van der Waals surface area contributed by atoms with E-state index in [1.165, 1.54) is 11.3 Å². The summed E-state index contributed by atoms with van der Waals surface area (Å²) in [7, 11) is 0. The van der Waals surface area contributed by atoms with Crippen LogP contribution in [0.5, 0.6) is 11.5 Å². The monoisotopic (exact) mass is 423 g/mol. The molecule has 30 heavy (non-hydrogen) atoms. The van der Waals surface area contributed by atoms with Gasteiger partial charge in [-0.2, -0.15) is 0 Å². The van der Waals surface area contributed by atoms with Gasteiger partial charge in [0, 0.05) is 22.8 Å². The van der Waals surface area contributed by atoms with Gasteiger partial charge in [0.25, 0.3) is 0 Å². The number of nitrogens with one attached hydrogen (secondary N) is 1. The molecule has 2 aromatic carbocycles. The van der Waals surface area contributed by atoms with Gasteiger partial charge in [0.1, 0.15) is 4.88 Å². The van der Waals surface area contributed by atoms with Gasteiger partial charge in [-0.25, -0.2) is 4.79 Å². The van der Waals surface area contributed by atoms with Crippen LogP contribution in [0.25, 0.3) is 11.1 Å². The largest absolute Gasteiger partial charge is 0.504 e. The van der Waals surface area contributed by atoms with Gasteiger partial charge in [0.05, 0.1) is 12.3 Å². The lowest BCUT2D eigenvalue weighted by Crippen LogP contribution is -2.22. The third-order valence-electron chi connectivity index (χ3n) is 5.13. The molecule has 154 valence electrons. The molecule has 1 amide bonds. The number of benzene rings is 2. The van der Waals surface area contributed by atoms with Crippen molar-refractivity contribution in [1.29, 1.82) is 0 Å². The second-order valence-electron chi connectivity index (χ2n) is 7.18. The fourth-order valence-corrected chi connectivity index (χ4v) is 4.97. The van der Waals surface area contributed by atoms with E-state index in [0.717, 1.165) is 21.6 Å². The van der Waals surface area contributed by atoms with Crippen LogP contribution >= 0.6 is 11.3 Å². The smallest absolute Gasteiger partial charge is 0.346 e. The number of rotatable bonds is 5. The van der Waals surface area contributed by atoms with Crippen molar-refractivity contribution in [1.82, 2.24) is 0 Å². The number of aryl methyl sites for hydroxylation is 1. The Morgan fingerprint density at radius 1 is 1.23 bits per heavy atom. The molecule has 0 saturated carbocycles. The molecule has 3 aromatic rings. The van der Waals surface area contributed by atoms with Crippen LogP contribution in [-0.4, -0.2) is 28.7 Å². The summed E-state index contributed by atoms with van der Waals surface area (Å²) in [6.45, 7) is 4.18. The normalized spacial score (nSPS) is 15.4. The van der Waals surface area contributed by atoms with Crippen molar-refractivity contribution in [3.63, 3.8) is 0 Å². The van der Waals surface area contributed by atoms with Gasteiger partial charge in [-0.3, -0.25) is 4.79 Å². The molecule has 0 spiro atoms. The number of hydrogen-bond acceptors (Lipinski definition) is 5. The number of carboxylic acids is 1. The molecule has 0 aliphatic carbocycles. The van der Waals surface area contributed by atoms with Crippen LogP contribution in [0.3, 0.4) is 0 Å². The van der Waals surface area contributed by atoms with Crippen LogP contribution in [0.15, 0.2) is 42.5 Å². The fourth-order valence-electron chi connectivity index (χ4n) is 3.72. The Kier molecular flexibility index (Phi) is 5.22. The molecule has 1 aromatic heterocycles. The van der Waals surface area contributed by atoms with Crippen molar-refractivity contribution in [2.45, 2.75) is 26.2 Å². The summed E-state index contributed by atoms with van der Waals surface area (Å²) in [6, 6.07) is 12.6. The SMILES string of the molecule is CCOc1cc([C@H]2CC(=O)Nc3c2sc(C(=O)O)c3-c2ccc(C)cc2)ccc1O. The molecule has 4 rings (SSSR count). The number of phenolic OH excluding ortho intramolecular Hbond substituents is 1. The van der Waals surface area contributed by atoms with E-state index in [-0.39, 0.29) is 28.9 Å². The van der Waals surface area contributed by atoms with E-state index >= 15 is 0 Å². The highest BCUT2D eigenvalue weighted by Crippen LogP contribution is 2.50. The minimum atomic E-state index is -1.03. The molecule has 1 aliphatic rings. The van der Waals surface area contributed by atoms with E-state index in [0.29, 0.717) is 23.6 Å². The first-order valence-corrected chi connectivity index (χ1v) is 10.4. The number of fused-ring (bicyclic) bond motifs is 1. The zero-order valence-corrected chi connectivity index (χ0v) is 17.4. The zero-order valence-electron chi connectivity index (χ0n) is 16.6. The first kappa shape index (κ1) is 20.0. The molecular weight excluding hydrogens is 402 g/mol. The minimum absolute atomic E-state index is 0.0267. The third kappa shape index (κ3) is 3.52. The molecule has 2 heterocycles. The van der Waals surface area contributed by atoms with E-state index in [9.17, 15) is 19.8 Å². The number of aromatic hydroxyl groups is 1. The molecule has 0 bridgehead atoms. The van der Waals surface area contributed by atoms with Crippen molar-refractivity contribution in [2.75, 3.05) is 11.9 Å². The maximum Gasteiger partial charge on any atom is 0.346 e. The number of anilines is 1. The zero-order chi connectivity index (χ0) is 21.4. The van der Waals surface area contributed by atoms with Crippen molar-refractivity contribution >= 4 is 28.9 Å². The van der Waals surface area contributed by atoms with Gasteiger partial charge < -0.3 is 20.3 Å². The average Bonchev–Trinajstić information content (AvgIpc) is 3.09. The summed E-state index contributed by atoms with van der Waals surface area (Å²) in [5.74, 6) is -1.16. The quantitative estimate of drug-likeness (QED) is 0.537. The molecule has 0 unspecified atom stereocenters. The van der Waals surface area contributed by atoms with E-state index in [4.69, 9.17) is 4.74 Å². The van der Waals surface area contributed by atoms with Gasteiger partial charge in [-0.05, 0) is 37.1 Å². The number of amides is 1. The standard InChI is InChI=1S/C23H21NO5S/c1-3-29-17-10-14(8-9-16(17)25)15-11-18(26)24-20-19(13-6-4-12(2)5-7-13)22(23(27)28)30-21(15)20/h4-10,15,25H,3,11H2,1-2H3,(H,24,26)(H,27,28)/t15-/m1/s1. The Morgan fingerprint density at radius 3 is 2.63 bits per heavy atom. The molecule has 1 aliphatic heterocycles. The second kappa shape index (κ2) is 7.84. The number of carbonyl (C=O) groups is 2. The Hall–Kier alpha value is -3.32. The van der Waals surface area contributed by atoms with Gasteiger partial charge >= 0.3 is 5.97 Å². The van der Waals surface area contributed by atoms with E-state index < -0.39 is 5.97 Å². The highest BCUT2D eigenvalue weighted by Gasteiger charge is 2.34. The molecule has 6 nitrogen and oxygen atoms in total. The number of carbonyl (C=O) groups excluding carboxylic acids is 1. The minimum Gasteiger partial charge on any atom is -0.504 e.